The maximum Gasteiger partial charge on any atom is 0.265 e. The molecule has 0 aliphatic carbocycles. The highest BCUT2D eigenvalue weighted by Gasteiger charge is 2.20. The van der Waals surface area contributed by atoms with Gasteiger partial charge in [0.25, 0.3) is 10.0 Å². The molecule has 3 aromatic rings. The van der Waals surface area contributed by atoms with Crippen molar-refractivity contribution in [2.75, 3.05) is 17.1 Å². The molecule has 28 heavy (non-hydrogen) atoms. The lowest BCUT2D eigenvalue weighted by Crippen LogP contribution is -2.14. The Balaban J connectivity index is 1.81. The van der Waals surface area contributed by atoms with Gasteiger partial charge in [-0.2, -0.15) is 0 Å². The summed E-state index contributed by atoms with van der Waals surface area (Å²) in [6, 6.07) is 12.1. The molecule has 8 heteroatoms. The lowest BCUT2D eigenvalue weighted by Gasteiger charge is -2.14. The standard InChI is InChI=1S/C20H22N4O3S/c1-13-9-18(27-4)19(10-14(13)2)28(25,26)24-17-7-5-16(6-8-17)23-20-11-15(3)21-12-22-20/h5-12,24H,1-4H3,(H,21,22,23). The van der Waals surface area contributed by atoms with Gasteiger partial charge in [-0.1, -0.05) is 0 Å². The highest BCUT2D eigenvalue weighted by atomic mass is 32.2. The Kier molecular flexibility index (Phi) is 5.51. The fraction of sp³-hybridized carbons (Fsp3) is 0.200. The van der Waals surface area contributed by atoms with Gasteiger partial charge in [0.15, 0.2) is 0 Å². The third-order valence-corrected chi connectivity index (χ3v) is 5.69. The maximum absolute atomic E-state index is 12.8. The highest BCUT2D eigenvalue weighted by Crippen LogP contribution is 2.29. The van der Waals surface area contributed by atoms with E-state index in [1.165, 1.54) is 13.4 Å². The Morgan fingerprint density at radius 1 is 0.893 bits per heavy atom. The minimum atomic E-state index is -3.79. The average molecular weight is 398 g/mol. The van der Waals surface area contributed by atoms with Gasteiger partial charge in [-0.05, 0) is 68.3 Å². The normalized spacial score (nSPS) is 11.1. The number of sulfonamides is 1. The summed E-state index contributed by atoms with van der Waals surface area (Å²) in [7, 11) is -2.33. The largest absolute Gasteiger partial charge is 0.495 e. The summed E-state index contributed by atoms with van der Waals surface area (Å²) in [5, 5.41) is 3.15. The number of rotatable bonds is 6. The van der Waals surface area contributed by atoms with Crippen LogP contribution in [0, 0.1) is 20.8 Å². The Hall–Kier alpha value is -3.13. The highest BCUT2D eigenvalue weighted by molar-refractivity contribution is 7.92. The molecule has 2 aromatic carbocycles. The average Bonchev–Trinajstić information content (AvgIpc) is 2.65. The first kappa shape index (κ1) is 19.6. The summed E-state index contributed by atoms with van der Waals surface area (Å²) >= 11 is 0. The number of aromatic nitrogens is 2. The summed E-state index contributed by atoms with van der Waals surface area (Å²) in [4.78, 5) is 8.30. The van der Waals surface area contributed by atoms with Gasteiger partial charge >= 0.3 is 0 Å². The van der Waals surface area contributed by atoms with Crippen molar-refractivity contribution in [3.8, 4) is 5.75 Å². The quantitative estimate of drug-likeness (QED) is 0.653. The predicted octanol–water partition coefficient (Wildman–Crippen LogP) is 3.95. The molecule has 0 saturated carbocycles. The second kappa shape index (κ2) is 7.85. The Labute approximate surface area is 164 Å². The van der Waals surface area contributed by atoms with Crippen LogP contribution in [0.3, 0.4) is 0 Å². The van der Waals surface area contributed by atoms with E-state index in [9.17, 15) is 8.42 Å². The van der Waals surface area contributed by atoms with Crippen LogP contribution >= 0.6 is 0 Å². The monoisotopic (exact) mass is 398 g/mol. The van der Waals surface area contributed by atoms with Crippen LogP contribution in [0.2, 0.25) is 0 Å². The molecule has 0 fully saturated rings. The van der Waals surface area contributed by atoms with E-state index >= 15 is 0 Å². The smallest absolute Gasteiger partial charge is 0.265 e. The summed E-state index contributed by atoms with van der Waals surface area (Å²) in [5.41, 5.74) is 3.92. The second-order valence-electron chi connectivity index (χ2n) is 6.44. The van der Waals surface area contributed by atoms with Crippen molar-refractivity contribution in [1.82, 2.24) is 9.97 Å². The Bertz CT molecular complexity index is 1100. The number of ether oxygens (including phenoxy) is 1. The number of nitrogens with zero attached hydrogens (tertiary/aromatic N) is 2. The number of methoxy groups -OCH3 is 1. The molecule has 0 radical (unpaired) electrons. The van der Waals surface area contributed by atoms with Crippen LogP contribution in [0.4, 0.5) is 17.2 Å². The van der Waals surface area contributed by atoms with Crippen molar-refractivity contribution in [2.45, 2.75) is 25.7 Å². The number of hydrogen-bond acceptors (Lipinski definition) is 6. The van der Waals surface area contributed by atoms with E-state index in [1.54, 1.807) is 36.4 Å². The third-order valence-electron chi connectivity index (χ3n) is 4.28. The van der Waals surface area contributed by atoms with Crippen molar-refractivity contribution >= 4 is 27.2 Å². The molecule has 0 amide bonds. The van der Waals surface area contributed by atoms with Gasteiger partial charge in [0, 0.05) is 23.1 Å². The lowest BCUT2D eigenvalue weighted by atomic mass is 10.1. The topological polar surface area (TPSA) is 93.2 Å². The molecule has 3 rings (SSSR count). The van der Waals surface area contributed by atoms with Gasteiger partial charge in [-0.15, -0.1) is 0 Å². The van der Waals surface area contributed by atoms with E-state index in [1.807, 2.05) is 26.8 Å². The summed E-state index contributed by atoms with van der Waals surface area (Å²) in [6.07, 6.45) is 1.48. The van der Waals surface area contributed by atoms with Gasteiger partial charge in [0.2, 0.25) is 0 Å². The molecule has 0 saturated heterocycles. The van der Waals surface area contributed by atoms with Crippen molar-refractivity contribution < 1.29 is 13.2 Å². The molecule has 1 heterocycles. The fourth-order valence-electron chi connectivity index (χ4n) is 2.64. The van der Waals surface area contributed by atoms with Crippen molar-refractivity contribution in [1.29, 1.82) is 0 Å². The van der Waals surface area contributed by atoms with Crippen molar-refractivity contribution in [2.24, 2.45) is 0 Å². The zero-order chi connectivity index (χ0) is 20.3. The predicted molar refractivity (Wildman–Crippen MR) is 110 cm³/mol. The lowest BCUT2D eigenvalue weighted by molar-refractivity contribution is 0.402. The second-order valence-corrected chi connectivity index (χ2v) is 8.09. The molecule has 0 unspecified atom stereocenters. The maximum atomic E-state index is 12.8. The Morgan fingerprint density at radius 2 is 1.54 bits per heavy atom. The molecule has 146 valence electrons. The van der Waals surface area contributed by atoms with Crippen LogP contribution in [0.5, 0.6) is 5.75 Å². The van der Waals surface area contributed by atoms with Gasteiger partial charge in [0.05, 0.1) is 7.11 Å². The first-order chi connectivity index (χ1) is 13.3. The molecule has 1 aromatic heterocycles. The van der Waals surface area contributed by atoms with Crippen LogP contribution in [0.1, 0.15) is 16.8 Å². The molecule has 0 aliphatic heterocycles. The third kappa shape index (κ3) is 4.40. The first-order valence-electron chi connectivity index (χ1n) is 8.62. The minimum Gasteiger partial charge on any atom is -0.495 e. The van der Waals surface area contributed by atoms with Crippen LogP contribution in [-0.4, -0.2) is 25.5 Å². The number of benzene rings is 2. The first-order valence-corrected chi connectivity index (χ1v) is 10.1. The van der Waals surface area contributed by atoms with E-state index in [0.29, 0.717) is 17.3 Å². The zero-order valence-electron chi connectivity index (χ0n) is 16.1. The van der Waals surface area contributed by atoms with Crippen LogP contribution in [-0.2, 0) is 10.0 Å². The molecule has 0 bridgehead atoms. The van der Waals surface area contributed by atoms with Gasteiger partial charge < -0.3 is 10.1 Å². The minimum absolute atomic E-state index is 0.108. The number of hydrogen-bond donors (Lipinski definition) is 2. The molecule has 0 aliphatic rings. The zero-order valence-corrected chi connectivity index (χ0v) is 17.0. The molecule has 0 atom stereocenters. The molecule has 2 N–H and O–H groups in total. The number of aryl methyl sites for hydroxylation is 3. The summed E-state index contributed by atoms with van der Waals surface area (Å²) in [5.74, 6) is 0.980. The SMILES string of the molecule is COc1cc(C)c(C)cc1S(=O)(=O)Nc1ccc(Nc2cc(C)ncn2)cc1. The number of anilines is 3. The van der Waals surface area contributed by atoms with Crippen molar-refractivity contribution in [3.05, 3.63) is 65.6 Å². The van der Waals surface area contributed by atoms with Gasteiger partial charge in [-0.25, -0.2) is 18.4 Å². The summed E-state index contributed by atoms with van der Waals surface area (Å²) < 4.78 is 33.5. The van der Waals surface area contributed by atoms with Crippen LogP contribution in [0.15, 0.2) is 53.7 Å². The molecule has 7 nitrogen and oxygen atoms in total. The molecular weight excluding hydrogens is 376 g/mol. The van der Waals surface area contributed by atoms with Gasteiger partial charge in [-0.3, -0.25) is 4.72 Å². The van der Waals surface area contributed by atoms with E-state index in [2.05, 4.69) is 20.0 Å². The van der Waals surface area contributed by atoms with Crippen LogP contribution < -0.4 is 14.8 Å². The van der Waals surface area contributed by atoms with E-state index in [-0.39, 0.29) is 4.90 Å². The van der Waals surface area contributed by atoms with E-state index in [0.717, 1.165) is 22.5 Å². The molecular formula is C20H22N4O3S. The fourth-order valence-corrected chi connectivity index (χ4v) is 3.93. The van der Waals surface area contributed by atoms with E-state index in [4.69, 9.17) is 4.74 Å². The van der Waals surface area contributed by atoms with Crippen LogP contribution in [0.25, 0.3) is 0 Å². The van der Waals surface area contributed by atoms with Crippen molar-refractivity contribution in [3.63, 3.8) is 0 Å². The van der Waals surface area contributed by atoms with Gasteiger partial charge in [0.1, 0.15) is 22.8 Å². The van der Waals surface area contributed by atoms with E-state index < -0.39 is 10.0 Å². The summed E-state index contributed by atoms with van der Waals surface area (Å²) in [6.45, 7) is 5.65. The molecule has 0 spiro atoms. The Morgan fingerprint density at radius 3 is 2.18 bits per heavy atom. The number of nitrogens with one attached hydrogen (secondary N) is 2.